The van der Waals surface area contributed by atoms with Gasteiger partial charge in [-0.15, -0.1) is 10.2 Å². The Morgan fingerprint density at radius 2 is 1.96 bits per heavy atom. The van der Waals surface area contributed by atoms with Gasteiger partial charge in [-0.3, -0.25) is 0 Å². The number of aromatic nitrogens is 2. The van der Waals surface area contributed by atoms with Gasteiger partial charge in [0.1, 0.15) is 11.9 Å². The zero-order valence-corrected chi connectivity index (χ0v) is 14.8. The summed E-state index contributed by atoms with van der Waals surface area (Å²) in [5, 5.41) is 7.66. The molecular weight excluding hydrogens is 333 g/mol. The Hall–Kier alpha value is -1.80. The summed E-state index contributed by atoms with van der Waals surface area (Å²) in [5.41, 5.74) is 0.372. The molecule has 0 aliphatic heterocycles. The number of hydrogen-bond donors (Lipinski definition) is 1. The summed E-state index contributed by atoms with van der Waals surface area (Å²) in [5.74, 6) is 0.241. The summed E-state index contributed by atoms with van der Waals surface area (Å²) >= 11 is 0. The lowest BCUT2D eigenvalue weighted by Crippen LogP contribution is -2.32. The molecule has 0 aliphatic carbocycles. The molecule has 24 heavy (non-hydrogen) atoms. The quantitative estimate of drug-likeness (QED) is 0.787. The van der Waals surface area contributed by atoms with Gasteiger partial charge in [-0.1, -0.05) is 32.0 Å². The highest BCUT2D eigenvalue weighted by Gasteiger charge is 2.25. The molecule has 0 aliphatic rings. The highest BCUT2D eigenvalue weighted by Crippen LogP contribution is 2.21. The number of sulfonamides is 1. The van der Waals surface area contributed by atoms with Crippen molar-refractivity contribution < 1.29 is 17.2 Å². The van der Waals surface area contributed by atoms with Crippen LogP contribution in [0.5, 0.6) is 0 Å². The number of benzene rings is 1. The molecule has 0 spiro atoms. The number of rotatable bonds is 8. The van der Waals surface area contributed by atoms with Crippen molar-refractivity contribution in [2.45, 2.75) is 39.7 Å². The minimum absolute atomic E-state index is 0.0965. The lowest BCUT2D eigenvalue weighted by molar-refractivity contribution is 0.372. The molecule has 0 saturated heterocycles. The Morgan fingerprint density at radius 1 is 1.25 bits per heavy atom. The van der Waals surface area contributed by atoms with Crippen LogP contribution in [0.25, 0.3) is 0 Å². The van der Waals surface area contributed by atoms with E-state index < -0.39 is 21.9 Å². The Bertz CT molecular complexity index is 774. The van der Waals surface area contributed by atoms with Crippen LogP contribution in [-0.4, -0.2) is 24.4 Å². The Balaban J connectivity index is 2.08. The second-order valence-corrected chi connectivity index (χ2v) is 7.99. The van der Waals surface area contributed by atoms with Crippen LogP contribution in [0, 0.1) is 18.7 Å². The molecule has 0 bridgehead atoms. The van der Waals surface area contributed by atoms with E-state index in [1.165, 1.54) is 6.07 Å². The first kappa shape index (κ1) is 18.5. The third-order valence-electron chi connectivity index (χ3n) is 3.47. The topological polar surface area (TPSA) is 85.1 Å². The number of nitrogens with one attached hydrogen (secondary N) is 1. The van der Waals surface area contributed by atoms with Crippen molar-refractivity contribution >= 4 is 10.0 Å². The van der Waals surface area contributed by atoms with Gasteiger partial charge in [0.2, 0.25) is 21.8 Å². The van der Waals surface area contributed by atoms with Gasteiger partial charge in [0.05, 0.1) is 5.75 Å². The number of nitrogens with zero attached hydrogens (tertiary/aromatic N) is 2. The van der Waals surface area contributed by atoms with Crippen molar-refractivity contribution in [3.8, 4) is 0 Å². The summed E-state index contributed by atoms with van der Waals surface area (Å²) in [6.45, 7) is 5.60. The Kier molecular flexibility index (Phi) is 6.06. The first-order valence-corrected chi connectivity index (χ1v) is 9.45. The molecule has 1 aromatic carbocycles. The van der Waals surface area contributed by atoms with Crippen LogP contribution in [-0.2, 0) is 16.4 Å². The Labute approximate surface area is 141 Å². The van der Waals surface area contributed by atoms with Gasteiger partial charge in [0.15, 0.2) is 0 Å². The first-order valence-electron chi connectivity index (χ1n) is 7.80. The number of hydrogen-bond acceptors (Lipinski definition) is 5. The largest absolute Gasteiger partial charge is 0.424 e. The van der Waals surface area contributed by atoms with Crippen LogP contribution in [0.4, 0.5) is 4.39 Å². The van der Waals surface area contributed by atoms with Crippen LogP contribution < -0.4 is 4.72 Å². The molecule has 2 rings (SSSR count). The van der Waals surface area contributed by atoms with Gasteiger partial charge in [0, 0.05) is 6.92 Å². The molecule has 1 unspecified atom stereocenters. The van der Waals surface area contributed by atoms with Crippen molar-refractivity contribution in [3.63, 3.8) is 0 Å². The molecule has 0 saturated carbocycles. The zero-order chi connectivity index (χ0) is 17.7. The summed E-state index contributed by atoms with van der Waals surface area (Å²) in [4.78, 5) is 0. The van der Waals surface area contributed by atoms with Crippen LogP contribution in [0.3, 0.4) is 0 Å². The second kappa shape index (κ2) is 7.85. The summed E-state index contributed by atoms with van der Waals surface area (Å²) in [6.07, 6.45) is 0.625. The molecule has 1 aromatic heterocycles. The summed E-state index contributed by atoms with van der Waals surface area (Å²) in [6, 6.07) is 5.57. The predicted molar refractivity (Wildman–Crippen MR) is 88.3 cm³/mol. The maximum atomic E-state index is 13.6. The van der Waals surface area contributed by atoms with E-state index >= 15 is 0 Å². The highest BCUT2D eigenvalue weighted by molar-refractivity contribution is 7.89. The van der Waals surface area contributed by atoms with E-state index in [4.69, 9.17) is 4.42 Å². The molecule has 8 heteroatoms. The molecule has 1 heterocycles. The minimum atomic E-state index is -3.62. The fourth-order valence-corrected chi connectivity index (χ4v) is 3.58. The normalized spacial score (nSPS) is 13.4. The lowest BCUT2D eigenvalue weighted by Gasteiger charge is -2.17. The lowest BCUT2D eigenvalue weighted by atomic mass is 10.0. The van der Waals surface area contributed by atoms with Gasteiger partial charge in [0.25, 0.3) is 0 Å². The van der Waals surface area contributed by atoms with Crippen LogP contribution in [0.15, 0.2) is 28.7 Å². The summed E-state index contributed by atoms with van der Waals surface area (Å²) < 4.78 is 46.3. The maximum absolute atomic E-state index is 13.6. The molecule has 0 fully saturated rings. The fraction of sp³-hybridized carbons (Fsp3) is 0.500. The smallest absolute Gasteiger partial charge is 0.234 e. The van der Waals surface area contributed by atoms with Crippen LogP contribution >= 0.6 is 0 Å². The highest BCUT2D eigenvalue weighted by atomic mass is 32.2. The average Bonchev–Trinajstić information content (AvgIpc) is 2.92. The molecular formula is C16H22FN3O3S. The predicted octanol–water partition coefficient (Wildman–Crippen LogP) is 2.77. The molecule has 6 nitrogen and oxygen atoms in total. The minimum Gasteiger partial charge on any atom is -0.424 e. The van der Waals surface area contributed by atoms with E-state index in [0.29, 0.717) is 17.9 Å². The number of aryl methyl sites for hydroxylation is 2. The number of halogens is 1. The van der Waals surface area contributed by atoms with Gasteiger partial charge >= 0.3 is 0 Å². The van der Waals surface area contributed by atoms with Gasteiger partial charge in [-0.05, 0) is 30.4 Å². The zero-order valence-electron chi connectivity index (χ0n) is 14.0. The van der Waals surface area contributed by atoms with Crippen molar-refractivity contribution in [2.75, 3.05) is 5.75 Å². The monoisotopic (exact) mass is 355 g/mol. The molecule has 132 valence electrons. The Morgan fingerprint density at radius 3 is 2.54 bits per heavy atom. The average molecular weight is 355 g/mol. The van der Waals surface area contributed by atoms with Crippen molar-refractivity contribution in [1.82, 2.24) is 14.9 Å². The van der Waals surface area contributed by atoms with E-state index in [-0.39, 0.29) is 24.0 Å². The molecule has 1 atom stereocenters. The SMILES string of the molecule is Cc1nnc(C(CC(C)C)NS(=O)(=O)CCc2ccccc2F)o1. The third kappa shape index (κ3) is 5.38. The van der Waals surface area contributed by atoms with Crippen LogP contribution in [0.2, 0.25) is 0 Å². The van der Waals surface area contributed by atoms with Gasteiger partial charge in [-0.25, -0.2) is 17.5 Å². The second-order valence-electron chi connectivity index (χ2n) is 6.12. The van der Waals surface area contributed by atoms with Gasteiger partial charge in [-0.2, -0.15) is 0 Å². The molecule has 0 amide bonds. The van der Waals surface area contributed by atoms with Gasteiger partial charge < -0.3 is 4.42 Å². The molecule has 1 N–H and O–H groups in total. The van der Waals surface area contributed by atoms with E-state index in [9.17, 15) is 12.8 Å². The van der Waals surface area contributed by atoms with Crippen LogP contribution in [0.1, 0.15) is 43.7 Å². The third-order valence-corrected chi connectivity index (χ3v) is 4.85. The first-order chi connectivity index (χ1) is 11.3. The fourth-order valence-electron chi connectivity index (χ4n) is 2.34. The standard InChI is InChI=1S/C16H22FN3O3S/c1-11(2)10-15(16-19-18-12(3)23-16)20-24(21,22)9-8-13-6-4-5-7-14(13)17/h4-7,11,15,20H,8-10H2,1-3H3. The van der Waals surface area contributed by atoms with Crippen molar-refractivity contribution in [3.05, 3.63) is 47.4 Å². The molecule has 0 radical (unpaired) electrons. The van der Waals surface area contributed by atoms with E-state index in [1.54, 1.807) is 25.1 Å². The van der Waals surface area contributed by atoms with E-state index in [2.05, 4.69) is 14.9 Å². The summed E-state index contributed by atoms with van der Waals surface area (Å²) in [7, 11) is -3.62. The molecule has 2 aromatic rings. The maximum Gasteiger partial charge on any atom is 0.234 e. The van der Waals surface area contributed by atoms with E-state index in [1.807, 2.05) is 13.8 Å². The van der Waals surface area contributed by atoms with Crippen molar-refractivity contribution in [1.29, 1.82) is 0 Å². The van der Waals surface area contributed by atoms with E-state index in [0.717, 1.165) is 0 Å². The van der Waals surface area contributed by atoms with Crippen molar-refractivity contribution in [2.24, 2.45) is 5.92 Å².